The first-order valence-electron chi connectivity index (χ1n) is 11.6. The minimum atomic E-state index is -1.09. The lowest BCUT2D eigenvalue weighted by molar-refractivity contribution is -0.142. The lowest BCUT2D eigenvalue weighted by Gasteiger charge is -2.26. The first-order chi connectivity index (χ1) is 16.0. The molecule has 0 aliphatic heterocycles. The van der Waals surface area contributed by atoms with Crippen LogP contribution in [0.15, 0.2) is 48.5 Å². The van der Waals surface area contributed by atoms with Gasteiger partial charge in [-0.05, 0) is 42.0 Å². The van der Waals surface area contributed by atoms with Crippen molar-refractivity contribution in [2.75, 3.05) is 6.61 Å². The number of hydrogen-bond acceptors (Lipinski definition) is 4. The highest BCUT2D eigenvalue weighted by Gasteiger charge is 2.33. The van der Waals surface area contributed by atoms with E-state index >= 15 is 0 Å². The molecule has 1 saturated carbocycles. The summed E-state index contributed by atoms with van der Waals surface area (Å²) < 4.78 is 5.65. The van der Waals surface area contributed by atoms with Crippen molar-refractivity contribution in [3.8, 4) is 11.1 Å². The van der Waals surface area contributed by atoms with Gasteiger partial charge in [0.15, 0.2) is 0 Å². The lowest BCUT2D eigenvalue weighted by atomic mass is 9.93. The maximum atomic E-state index is 12.7. The molecule has 3 atom stereocenters. The van der Waals surface area contributed by atoms with Gasteiger partial charge in [0.1, 0.15) is 12.6 Å². The molecule has 7 heteroatoms. The number of carbonyl (C=O) groups is 3. The lowest BCUT2D eigenvalue weighted by Crippen LogP contribution is -2.49. The van der Waals surface area contributed by atoms with Crippen LogP contribution in [0.4, 0.5) is 4.79 Å². The minimum absolute atomic E-state index is 0.0344. The Bertz CT molecular complexity index is 991. The van der Waals surface area contributed by atoms with Gasteiger partial charge in [0, 0.05) is 12.0 Å². The van der Waals surface area contributed by atoms with Crippen LogP contribution in [0.1, 0.15) is 56.1 Å². The molecular weight excluding hydrogens is 420 g/mol. The molecule has 2 aromatic carbocycles. The average Bonchev–Trinajstić information content (AvgIpc) is 2.94. The van der Waals surface area contributed by atoms with E-state index in [-0.39, 0.29) is 24.5 Å². The molecular formula is C26H30N2O5. The first-order valence-corrected chi connectivity index (χ1v) is 11.6. The highest BCUT2D eigenvalue weighted by Crippen LogP contribution is 2.44. The fourth-order valence-corrected chi connectivity index (χ4v) is 4.97. The highest BCUT2D eigenvalue weighted by atomic mass is 16.5. The highest BCUT2D eigenvalue weighted by molar-refractivity contribution is 5.85. The Morgan fingerprint density at radius 1 is 0.970 bits per heavy atom. The molecule has 0 spiro atoms. The normalized spacial score (nSPS) is 20.6. The van der Waals surface area contributed by atoms with Crippen LogP contribution in [0.3, 0.4) is 0 Å². The third kappa shape index (κ3) is 5.02. The Balaban J connectivity index is 1.41. The number of rotatable bonds is 6. The summed E-state index contributed by atoms with van der Waals surface area (Å²) in [6.45, 7) is 1.64. The molecule has 0 radical (unpaired) electrons. The SMILES string of the molecule is CC(NC(=O)C1CCCCCC1NC(=O)OCC1c2ccccc2-c2ccccc21)C(=O)O. The number of carbonyl (C=O) groups excluding carboxylic acids is 2. The predicted octanol–water partition coefficient (Wildman–Crippen LogP) is 4.06. The second kappa shape index (κ2) is 10.1. The van der Waals surface area contributed by atoms with Crippen molar-refractivity contribution in [1.29, 1.82) is 0 Å². The van der Waals surface area contributed by atoms with Crippen LogP contribution >= 0.6 is 0 Å². The quantitative estimate of drug-likeness (QED) is 0.576. The van der Waals surface area contributed by atoms with Crippen LogP contribution < -0.4 is 10.6 Å². The molecule has 33 heavy (non-hydrogen) atoms. The second-order valence-corrected chi connectivity index (χ2v) is 8.89. The van der Waals surface area contributed by atoms with Gasteiger partial charge in [-0.1, -0.05) is 67.8 Å². The van der Waals surface area contributed by atoms with Crippen molar-refractivity contribution in [2.45, 2.75) is 57.0 Å². The molecule has 2 aliphatic rings. The number of aliphatic carboxylic acids is 1. The Labute approximate surface area is 193 Å². The zero-order valence-electron chi connectivity index (χ0n) is 18.8. The van der Waals surface area contributed by atoms with Gasteiger partial charge < -0.3 is 20.5 Å². The van der Waals surface area contributed by atoms with Gasteiger partial charge in [0.2, 0.25) is 5.91 Å². The van der Waals surface area contributed by atoms with Gasteiger partial charge in [-0.2, -0.15) is 0 Å². The van der Waals surface area contributed by atoms with E-state index < -0.39 is 24.0 Å². The molecule has 4 rings (SSSR count). The molecule has 0 bridgehead atoms. The van der Waals surface area contributed by atoms with E-state index in [1.54, 1.807) is 0 Å². The Morgan fingerprint density at radius 2 is 1.58 bits per heavy atom. The summed E-state index contributed by atoms with van der Waals surface area (Å²) in [5.74, 6) is -1.93. The number of nitrogens with one attached hydrogen (secondary N) is 2. The van der Waals surface area contributed by atoms with Crippen LogP contribution in [-0.2, 0) is 14.3 Å². The fraction of sp³-hybridized carbons (Fsp3) is 0.423. The molecule has 2 amide bonds. The van der Waals surface area contributed by atoms with Crippen molar-refractivity contribution in [1.82, 2.24) is 10.6 Å². The van der Waals surface area contributed by atoms with Gasteiger partial charge >= 0.3 is 12.1 Å². The molecule has 0 aromatic heterocycles. The zero-order chi connectivity index (χ0) is 23.4. The molecule has 174 valence electrons. The molecule has 3 unspecified atom stereocenters. The van der Waals surface area contributed by atoms with Gasteiger partial charge in [-0.3, -0.25) is 9.59 Å². The number of carboxylic acids is 1. The number of fused-ring (bicyclic) bond motifs is 3. The average molecular weight is 451 g/mol. The Kier molecular flexibility index (Phi) is 6.96. The largest absolute Gasteiger partial charge is 0.480 e. The summed E-state index contributed by atoms with van der Waals surface area (Å²) in [5.41, 5.74) is 4.60. The third-order valence-corrected chi connectivity index (χ3v) is 6.73. The molecule has 0 saturated heterocycles. The summed E-state index contributed by atoms with van der Waals surface area (Å²) in [7, 11) is 0. The monoisotopic (exact) mass is 450 g/mol. The maximum Gasteiger partial charge on any atom is 0.407 e. The van der Waals surface area contributed by atoms with E-state index in [1.165, 1.54) is 6.92 Å². The Morgan fingerprint density at radius 3 is 2.21 bits per heavy atom. The number of benzene rings is 2. The number of hydrogen-bond donors (Lipinski definition) is 3. The van der Waals surface area contributed by atoms with E-state index in [2.05, 4.69) is 34.9 Å². The summed E-state index contributed by atoms with van der Waals surface area (Å²) in [5, 5.41) is 14.5. The predicted molar refractivity (Wildman–Crippen MR) is 124 cm³/mol. The van der Waals surface area contributed by atoms with Crippen molar-refractivity contribution >= 4 is 18.0 Å². The number of ether oxygens (including phenoxy) is 1. The fourth-order valence-electron chi connectivity index (χ4n) is 4.97. The van der Waals surface area contributed by atoms with Crippen molar-refractivity contribution in [2.24, 2.45) is 5.92 Å². The van der Waals surface area contributed by atoms with Gasteiger partial charge in [-0.15, -0.1) is 0 Å². The van der Waals surface area contributed by atoms with Crippen LogP contribution in [0.2, 0.25) is 0 Å². The molecule has 2 aromatic rings. The first kappa shape index (κ1) is 22.8. The van der Waals surface area contributed by atoms with E-state index in [1.807, 2.05) is 24.3 Å². The summed E-state index contributed by atoms with van der Waals surface area (Å²) in [6, 6.07) is 14.9. The molecule has 2 aliphatic carbocycles. The van der Waals surface area contributed by atoms with E-state index in [0.717, 1.165) is 41.5 Å². The van der Waals surface area contributed by atoms with Gasteiger partial charge in [-0.25, -0.2) is 4.79 Å². The molecule has 1 fully saturated rings. The molecule has 3 N–H and O–H groups in total. The van der Waals surface area contributed by atoms with Crippen LogP contribution in [0, 0.1) is 5.92 Å². The summed E-state index contributed by atoms with van der Waals surface area (Å²) in [6.07, 6.45) is 3.44. The van der Waals surface area contributed by atoms with E-state index in [0.29, 0.717) is 12.8 Å². The van der Waals surface area contributed by atoms with Crippen molar-refractivity contribution in [3.63, 3.8) is 0 Å². The maximum absolute atomic E-state index is 12.7. The van der Waals surface area contributed by atoms with Crippen LogP contribution in [0.5, 0.6) is 0 Å². The van der Waals surface area contributed by atoms with Crippen molar-refractivity contribution in [3.05, 3.63) is 59.7 Å². The summed E-state index contributed by atoms with van der Waals surface area (Å²) in [4.78, 5) is 36.6. The second-order valence-electron chi connectivity index (χ2n) is 8.89. The van der Waals surface area contributed by atoms with Crippen LogP contribution in [0.25, 0.3) is 11.1 Å². The minimum Gasteiger partial charge on any atom is -0.480 e. The molecule has 0 heterocycles. The van der Waals surface area contributed by atoms with Crippen LogP contribution in [-0.4, -0.2) is 41.8 Å². The standard InChI is InChI=1S/C26H30N2O5/c1-16(25(30)31)27-24(29)21-13-3-2-4-14-23(21)28-26(32)33-15-22-19-11-7-5-9-17(19)18-10-6-8-12-20(18)22/h5-12,16,21-23H,2-4,13-15H2,1H3,(H,27,29)(H,28,32)(H,30,31). The summed E-state index contributed by atoms with van der Waals surface area (Å²) >= 11 is 0. The number of alkyl carbamates (subject to hydrolysis) is 1. The number of carboxylic acid groups (broad SMARTS) is 1. The Hall–Kier alpha value is -3.35. The van der Waals surface area contributed by atoms with Gasteiger partial charge in [0.05, 0.1) is 5.92 Å². The zero-order valence-corrected chi connectivity index (χ0v) is 18.8. The van der Waals surface area contributed by atoms with E-state index in [9.17, 15) is 14.4 Å². The topological polar surface area (TPSA) is 105 Å². The number of amides is 2. The van der Waals surface area contributed by atoms with Gasteiger partial charge in [0.25, 0.3) is 0 Å². The smallest absolute Gasteiger partial charge is 0.407 e. The third-order valence-electron chi connectivity index (χ3n) is 6.73. The van der Waals surface area contributed by atoms with Crippen molar-refractivity contribution < 1.29 is 24.2 Å². The molecule has 7 nitrogen and oxygen atoms in total. The van der Waals surface area contributed by atoms with E-state index in [4.69, 9.17) is 9.84 Å².